The van der Waals surface area contributed by atoms with Gasteiger partial charge in [-0.15, -0.1) is 0 Å². The van der Waals surface area contributed by atoms with Crippen molar-refractivity contribution in [2.45, 2.75) is 302 Å². The predicted octanol–water partition coefficient (Wildman–Crippen LogP) is 16.3. The lowest BCUT2D eigenvalue weighted by atomic mass is 9.47. The zero-order valence-corrected chi connectivity index (χ0v) is 59.0. The highest BCUT2D eigenvalue weighted by atomic mass is 16.6. The van der Waals surface area contributed by atoms with Gasteiger partial charge in [0.1, 0.15) is 28.0 Å². The summed E-state index contributed by atoms with van der Waals surface area (Å²) < 4.78 is 38.2. The summed E-state index contributed by atoms with van der Waals surface area (Å²) in [4.78, 5) is 80.3. The summed E-state index contributed by atoms with van der Waals surface area (Å²) in [5.74, 6) is 5.40. The standard InChI is InChI=1S/C17H26O2.C16H24O2.C14H20O3.C12H20O2.C11H18O2.C8H10O4/c1-10(2)16(18)19-17(11(3)4)14-6-12-5-13(8-14)9-15(17)7-12;1-4-16(18-15(17)10(2)3)13-6-11-5-12(8-13)9-14(16)7-11;1-9(2)12(15)17-14-6-10-3-11(7-14)5-13(16,4-10)8-14;1-4-12(8-6-5-7-9-12)14-11(13)10(2)3;1-4-11(7-5-6-8-11)13-10(12)9(2)3;1-5(2)7(9)12-6-3-4-11-8(6)10/h11-15H,1,5-9H2,2-4H3;11-14H,2,4-9H2,1,3H3;10-11,16H,1,3-8H2,2H3;2,4-9H2,1,3H3;2,4-8H2,1,3H3;6H,1,3-4H2,2H3. The van der Waals surface area contributed by atoms with Gasteiger partial charge in [-0.2, -0.15) is 0 Å². The third-order valence-electron chi connectivity index (χ3n) is 23.6. The molecule has 0 radical (unpaired) electrons. The van der Waals surface area contributed by atoms with Gasteiger partial charge in [-0.25, -0.2) is 33.6 Å². The zero-order valence-electron chi connectivity index (χ0n) is 59.0. The van der Waals surface area contributed by atoms with E-state index in [1.54, 1.807) is 34.6 Å². The van der Waals surface area contributed by atoms with Crippen molar-refractivity contribution in [3.8, 4) is 0 Å². The van der Waals surface area contributed by atoms with Gasteiger partial charge in [0, 0.05) is 46.3 Å². The first-order valence-electron chi connectivity index (χ1n) is 35.9. The number of ether oxygens (including phenoxy) is 7. The maximum absolute atomic E-state index is 12.1. The first kappa shape index (κ1) is 75.1. The smallest absolute Gasteiger partial charge is 0.347 e. The van der Waals surface area contributed by atoms with E-state index in [1.807, 2.05) is 0 Å². The summed E-state index contributed by atoms with van der Waals surface area (Å²) in [7, 11) is 0. The normalized spacial score (nSPS) is 34.8. The van der Waals surface area contributed by atoms with Crippen LogP contribution < -0.4 is 0 Å². The number of hydrogen-bond donors (Lipinski definition) is 1. The highest BCUT2D eigenvalue weighted by Crippen LogP contribution is 2.63. The molecule has 15 heteroatoms. The van der Waals surface area contributed by atoms with Gasteiger partial charge in [0.15, 0.2) is 0 Å². The van der Waals surface area contributed by atoms with E-state index in [2.05, 4.69) is 78.8 Å². The molecule has 0 amide bonds. The van der Waals surface area contributed by atoms with Gasteiger partial charge >= 0.3 is 41.8 Å². The summed E-state index contributed by atoms with van der Waals surface area (Å²) in [6.07, 6.45) is 31.2. The Kier molecular flexibility index (Phi) is 25.2. The maximum atomic E-state index is 12.1. The quantitative estimate of drug-likeness (QED) is 0.0867. The lowest BCUT2D eigenvalue weighted by molar-refractivity contribution is -0.221. The number of rotatable bonds is 16. The summed E-state index contributed by atoms with van der Waals surface area (Å²) in [5.41, 5.74) is 1.13. The molecular formula is C78H118O15. The van der Waals surface area contributed by atoms with Gasteiger partial charge in [-0.05, 0) is 274 Å². The van der Waals surface area contributed by atoms with Crippen LogP contribution in [-0.4, -0.2) is 93.2 Å². The van der Waals surface area contributed by atoms with Crippen molar-refractivity contribution in [1.29, 1.82) is 0 Å². The molecule has 14 aliphatic carbocycles. The molecule has 1 aliphatic heterocycles. The van der Waals surface area contributed by atoms with Crippen LogP contribution in [-0.2, 0) is 66.7 Å². The Morgan fingerprint density at radius 2 is 0.817 bits per heavy atom. The summed E-state index contributed by atoms with van der Waals surface area (Å²) >= 11 is 0. The number of hydrogen-bond acceptors (Lipinski definition) is 15. The van der Waals surface area contributed by atoms with Crippen LogP contribution in [0.3, 0.4) is 0 Å². The Morgan fingerprint density at radius 3 is 1.16 bits per heavy atom. The Balaban J connectivity index is 0.000000159. The van der Waals surface area contributed by atoms with Crippen LogP contribution in [0.25, 0.3) is 0 Å². The molecule has 12 bridgehead atoms. The largest absolute Gasteiger partial charge is 0.463 e. The third-order valence-corrected chi connectivity index (χ3v) is 23.6. The number of carbonyl (C=O) groups is 7. The molecular weight excluding hydrogens is 1180 g/mol. The summed E-state index contributed by atoms with van der Waals surface area (Å²) in [5, 5.41) is 10.5. The minimum atomic E-state index is -0.728. The molecule has 1 N–H and O–H groups in total. The molecule has 14 saturated carbocycles. The lowest BCUT2D eigenvalue weighted by Crippen LogP contribution is -2.62. The van der Waals surface area contributed by atoms with E-state index in [0.29, 0.717) is 88.7 Å². The molecule has 15 fully saturated rings. The Morgan fingerprint density at radius 1 is 0.462 bits per heavy atom. The van der Waals surface area contributed by atoms with Crippen molar-refractivity contribution in [1.82, 2.24) is 0 Å². The number of carbonyl (C=O) groups excluding carboxylic acids is 7. The molecule has 3 unspecified atom stereocenters. The van der Waals surface area contributed by atoms with Crippen LogP contribution in [0.5, 0.6) is 0 Å². The molecule has 0 aromatic heterocycles. The van der Waals surface area contributed by atoms with Crippen molar-refractivity contribution in [3.63, 3.8) is 0 Å². The third kappa shape index (κ3) is 18.0. The zero-order chi connectivity index (χ0) is 68.6. The molecule has 0 aromatic carbocycles. The van der Waals surface area contributed by atoms with Gasteiger partial charge in [-0.3, -0.25) is 0 Å². The second kappa shape index (κ2) is 31.3. The number of cyclic esters (lactones) is 1. The fraction of sp³-hybridized carbons (Fsp3) is 0.756. The van der Waals surface area contributed by atoms with Gasteiger partial charge in [0.2, 0.25) is 6.10 Å². The molecule has 15 aliphatic rings. The van der Waals surface area contributed by atoms with Gasteiger partial charge in [0.25, 0.3) is 0 Å². The van der Waals surface area contributed by atoms with Gasteiger partial charge in [0.05, 0.1) is 12.2 Å². The van der Waals surface area contributed by atoms with E-state index in [-0.39, 0.29) is 57.8 Å². The Bertz CT molecular complexity index is 2730. The van der Waals surface area contributed by atoms with Crippen molar-refractivity contribution in [3.05, 3.63) is 72.9 Å². The first-order valence-corrected chi connectivity index (χ1v) is 35.9. The van der Waals surface area contributed by atoms with Crippen LogP contribution in [0.2, 0.25) is 0 Å². The Labute approximate surface area is 557 Å². The van der Waals surface area contributed by atoms with E-state index in [4.69, 9.17) is 28.4 Å². The average Bonchev–Trinajstić information content (AvgIpc) is 1.11. The van der Waals surface area contributed by atoms with E-state index in [9.17, 15) is 38.7 Å². The predicted molar refractivity (Wildman–Crippen MR) is 359 cm³/mol. The molecule has 0 spiro atoms. The van der Waals surface area contributed by atoms with Crippen LogP contribution in [0.15, 0.2) is 72.9 Å². The second-order valence-corrected chi connectivity index (χ2v) is 31.6. The second-order valence-electron chi connectivity index (χ2n) is 31.6. The molecule has 520 valence electrons. The maximum Gasteiger partial charge on any atom is 0.347 e. The molecule has 0 aromatic rings. The summed E-state index contributed by atoms with van der Waals surface area (Å²) in [6.45, 7) is 43.0. The van der Waals surface area contributed by atoms with Crippen LogP contribution >= 0.6 is 0 Å². The molecule has 1 saturated heterocycles. The monoisotopic (exact) mass is 1290 g/mol. The first-order chi connectivity index (χ1) is 43.7. The van der Waals surface area contributed by atoms with E-state index in [1.165, 1.54) is 110 Å². The van der Waals surface area contributed by atoms with E-state index < -0.39 is 29.2 Å². The van der Waals surface area contributed by atoms with Gasteiger partial charge < -0.3 is 38.3 Å². The van der Waals surface area contributed by atoms with Crippen LogP contribution in [0.1, 0.15) is 262 Å². The Hall–Kier alpha value is -5.31. The van der Waals surface area contributed by atoms with Gasteiger partial charge in [-0.1, -0.05) is 80.5 Å². The SMILES string of the molecule is C=C(C)C(=O)OC1(C(C)C)C2CC3CC(C2)CC1C3.C=C(C)C(=O)OC1(CC)C2CC3CC(C2)CC1C3.C=C(C)C(=O)OC1(CC)CCCC1.C=C(C)C(=O)OC1(CC)CCCCC1.C=C(C)C(=O)OC12CC3CC(CC(O)(C3)C1)C2.C=C(C)C(=O)OC1CCOC1=O. The minimum absolute atomic E-state index is 0.163. The lowest BCUT2D eigenvalue weighted by Gasteiger charge is -2.61. The fourth-order valence-electron chi connectivity index (χ4n) is 19.6. The molecule has 15 nitrogen and oxygen atoms in total. The molecule has 15 rings (SSSR count). The van der Waals surface area contributed by atoms with Crippen molar-refractivity contribution in [2.75, 3.05) is 6.61 Å². The molecule has 93 heavy (non-hydrogen) atoms. The van der Waals surface area contributed by atoms with Crippen molar-refractivity contribution < 1.29 is 71.8 Å². The van der Waals surface area contributed by atoms with E-state index in [0.717, 1.165) is 94.3 Å². The van der Waals surface area contributed by atoms with E-state index >= 15 is 0 Å². The van der Waals surface area contributed by atoms with Crippen LogP contribution in [0.4, 0.5) is 0 Å². The number of esters is 7. The van der Waals surface area contributed by atoms with Crippen molar-refractivity contribution >= 4 is 41.8 Å². The highest BCUT2D eigenvalue weighted by Gasteiger charge is 2.62. The summed E-state index contributed by atoms with van der Waals surface area (Å²) in [6, 6.07) is 0. The average molecular weight is 1300 g/mol. The minimum Gasteiger partial charge on any atom is -0.463 e. The highest BCUT2D eigenvalue weighted by molar-refractivity contribution is 5.90. The van der Waals surface area contributed by atoms with Crippen molar-refractivity contribution in [2.24, 2.45) is 65.1 Å². The fourth-order valence-corrected chi connectivity index (χ4v) is 19.6. The van der Waals surface area contributed by atoms with Crippen LogP contribution in [0, 0.1) is 65.1 Å². The molecule has 1 heterocycles. The number of aliphatic hydroxyl groups is 1. The molecule has 3 atom stereocenters. The topological polar surface area (TPSA) is 204 Å².